The maximum absolute atomic E-state index is 12.0. The minimum Gasteiger partial charge on any atom is -0.378 e. The highest BCUT2D eigenvalue weighted by molar-refractivity contribution is 7.14. The fourth-order valence-corrected chi connectivity index (χ4v) is 3.40. The van der Waals surface area contributed by atoms with E-state index in [0.29, 0.717) is 5.69 Å². The van der Waals surface area contributed by atoms with Crippen LogP contribution in [0.4, 0.5) is 21.3 Å². The molecule has 2 N–H and O–H groups in total. The first kappa shape index (κ1) is 17.4. The molecule has 2 aromatic heterocycles. The molecule has 8 heteroatoms. The van der Waals surface area contributed by atoms with E-state index < -0.39 is 0 Å². The van der Waals surface area contributed by atoms with Crippen LogP contribution in [0, 0.1) is 0 Å². The van der Waals surface area contributed by atoms with Gasteiger partial charge in [-0.15, -0.1) is 21.5 Å². The summed E-state index contributed by atoms with van der Waals surface area (Å²) in [7, 11) is 0. The number of amides is 2. The largest absolute Gasteiger partial charge is 0.378 e. The van der Waals surface area contributed by atoms with Crippen molar-refractivity contribution in [2.45, 2.75) is 0 Å². The van der Waals surface area contributed by atoms with E-state index in [2.05, 4.69) is 25.7 Å². The maximum atomic E-state index is 12.0. The Bertz CT molecular complexity index is 875. The first-order chi connectivity index (χ1) is 13.3. The van der Waals surface area contributed by atoms with Crippen molar-refractivity contribution in [3.05, 3.63) is 53.9 Å². The number of urea groups is 1. The zero-order valence-electron chi connectivity index (χ0n) is 14.6. The van der Waals surface area contributed by atoms with Crippen molar-refractivity contribution in [2.75, 3.05) is 41.8 Å². The van der Waals surface area contributed by atoms with Crippen LogP contribution in [0.5, 0.6) is 0 Å². The number of thiophene rings is 1. The molecule has 7 nitrogen and oxygen atoms in total. The third kappa shape index (κ3) is 4.42. The maximum Gasteiger partial charge on any atom is 0.324 e. The number of aromatic nitrogens is 2. The van der Waals surface area contributed by atoms with Gasteiger partial charge in [0.2, 0.25) is 0 Å². The fraction of sp³-hybridized carbons (Fsp3) is 0.211. The molecule has 2 amide bonds. The van der Waals surface area contributed by atoms with E-state index in [1.807, 2.05) is 53.9 Å². The van der Waals surface area contributed by atoms with Crippen LogP contribution in [-0.2, 0) is 4.74 Å². The number of hydrogen-bond acceptors (Lipinski definition) is 6. The molecule has 0 radical (unpaired) electrons. The Morgan fingerprint density at radius 1 is 1.00 bits per heavy atom. The van der Waals surface area contributed by atoms with Crippen LogP contribution < -0.4 is 15.5 Å². The van der Waals surface area contributed by atoms with Gasteiger partial charge in [-0.2, -0.15) is 0 Å². The summed E-state index contributed by atoms with van der Waals surface area (Å²) in [5, 5.41) is 17.0. The van der Waals surface area contributed by atoms with E-state index in [-0.39, 0.29) is 6.03 Å². The van der Waals surface area contributed by atoms with E-state index in [1.54, 1.807) is 0 Å². The molecule has 0 atom stereocenters. The first-order valence-electron chi connectivity index (χ1n) is 8.66. The van der Waals surface area contributed by atoms with Gasteiger partial charge in [0.1, 0.15) is 0 Å². The molecule has 1 fully saturated rings. The summed E-state index contributed by atoms with van der Waals surface area (Å²) in [6, 6.07) is 14.9. The van der Waals surface area contributed by atoms with Crippen LogP contribution in [0.25, 0.3) is 11.3 Å². The fourth-order valence-electron chi connectivity index (χ4n) is 2.79. The average molecular weight is 381 g/mol. The van der Waals surface area contributed by atoms with E-state index in [0.717, 1.165) is 48.4 Å². The summed E-state index contributed by atoms with van der Waals surface area (Å²) < 4.78 is 5.36. The van der Waals surface area contributed by atoms with E-state index in [9.17, 15) is 4.79 Å². The summed E-state index contributed by atoms with van der Waals surface area (Å²) in [6.07, 6.45) is 0. The second kappa shape index (κ2) is 8.15. The molecule has 0 bridgehead atoms. The quantitative estimate of drug-likeness (QED) is 0.721. The standard InChI is InChI=1S/C19H19N5O2S/c25-19(21-18-2-1-13-27-18)20-15-5-3-14(4-6-15)16-7-8-17(23-22-16)24-9-11-26-12-10-24/h1-8,13H,9-12H2,(H2,20,21,25). The highest BCUT2D eigenvalue weighted by Crippen LogP contribution is 2.21. The van der Waals surface area contributed by atoms with E-state index >= 15 is 0 Å². The van der Waals surface area contributed by atoms with Gasteiger partial charge < -0.3 is 15.0 Å². The second-order valence-corrected chi connectivity index (χ2v) is 6.96. The van der Waals surface area contributed by atoms with Crippen molar-refractivity contribution in [3.63, 3.8) is 0 Å². The molecule has 0 spiro atoms. The summed E-state index contributed by atoms with van der Waals surface area (Å²) in [5.41, 5.74) is 2.45. The molecule has 1 aromatic carbocycles. The molecule has 27 heavy (non-hydrogen) atoms. The molecule has 0 unspecified atom stereocenters. The van der Waals surface area contributed by atoms with Crippen molar-refractivity contribution in [2.24, 2.45) is 0 Å². The van der Waals surface area contributed by atoms with Gasteiger partial charge in [0.15, 0.2) is 5.82 Å². The highest BCUT2D eigenvalue weighted by atomic mass is 32.1. The zero-order valence-corrected chi connectivity index (χ0v) is 15.4. The molecule has 3 aromatic rings. The van der Waals surface area contributed by atoms with Gasteiger partial charge in [-0.25, -0.2) is 4.79 Å². The number of benzene rings is 1. The number of carbonyl (C=O) groups excluding carboxylic acids is 1. The smallest absolute Gasteiger partial charge is 0.324 e. The van der Waals surface area contributed by atoms with Gasteiger partial charge in [-0.05, 0) is 41.8 Å². The van der Waals surface area contributed by atoms with Crippen molar-refractivity contribution >= 4 is 33.9 Å². The Hall–Kier alpha value is -2.97. The number of nitrogens with one attached hydrogen (secondary N) is 2. The van der Waals surface area contributed by atoms with E-state index in [1.165, 1.54) is 11.3 Å². The summed E-state index contributed by atoms with van der Waals surface area (Å²) in [4.78, 5) is 14.1. The number of nitrogens with zero attached hydrogens (tertiary/aromatic N) is 3. The lowest BCUT2D eigenvalue weighted by molar-refractivity contribution is 0.122. The van der Waals surface area contributed by atoms with Crippen molar-refractivity contribution in [1.82, 2.24) is 10.2 Å². The van der Waals surface area contributed by atoms with Crippen LogP contribution in [0.2, 0.25) is 0 Å². The Kier molecular flexibility index (Phi) is 5.27. The predicted molar refractivity (Wildman–Crippen MR) is 107 cm³/mol. The molecule has 4 rings (SSSR count). The lowest BCUT2D eigenvalue weighted by Gasteiger charge is -2.27. The molecule has 0 aliphatic carbocycles. The van der Waals surface area contributed by atoms with Gasteiger partial charge >= 0.3 is 6.03 Å². The number of anilines is 3. The minimum absolute atomic E-state index is 0.264. The molecule has 3 heterocycles. The van der Waals surface area contributed by atoms with Crippen LogP contribution in [-0.4, -0.2) is 42.5 Å². The topological polar surface area (TPSA) is 79.4 Å². The Morgan fingerprint density at radius 3 is 2.48 bits per heavy atom. The van der Waals surface area contributed by atoms with Crippen LogP contribution in [0.15, 0.2) is 53.9 Å². The zero-order chi connectivity index (χ0) is 18.5. The second-order valence-electron chi connectivity index (χ2n) is 6.01. The SMILES string of the molecule is O=C(Nc1ccc(-c2ccc(N3CCOCC3)nn2)cc1)Nc1cccs1. The Morgan fingerprint density at radius 2 is 1.81 bits per heavy atom. The number of rotatable bonds is 4. The lowest BCUT2D eigenvalue weighted by Crippen LogP contribution is -2.36. The molecule has 1 saturated heterocycles. The lowest BCUT2D eigenvalue weighted by atomic mass is 10.1. The molecular formula is C19H19N5O2S. The first-order valence-corrected chi connectivity index (χ1v) is 9.54. The van der Waals surface area contributed by atoms with Gasteiger partial charge in [0, 0.05) is 24.3 Å². The summed E-state index contributed by atoms with van der Waals surface area (Å²) in [5.74, 6) is 0.866. The van der Waals surface area contributed by atoms with Crippen LogP contribution >= 0.6 is 11.3 Å². The average Bonchev–Trinajstić information content (AvgIpc) is 3.22. The normalized spacial score (nSPS) is 14.0. The Labute approximate surface area is 161 Å². The third-order valence-corrected chi connectivity index (χ3v) is 4.97. The van der Waals surface area contributed by atoms with Crippen LogP contribution in [0.3, 0.4) is 0 Å². The van der Waals surface area contributed by atoms with Crippen molar-refractivity contribution in [3.8, 4) is 11.3 Å². The number of hydrogen-bond donors (Lipinski definition) is 2. The third-order valence-electron chi connectivity index (χ3n) is 4.18. The molecular weight excluding hydrogens is 362 g/mol. The monoisotopic (exact) mass is 381 g/mol. The van der Waals surface area contributed by atoms with Gasteiger partial charge in [-0.3, -0.25) is 5.32 Å². The Balaban J connectivity index is 1.38. The highest BCUT2D eigenvalue weighted by Gasteiger charge is 2.13. The van der Waals surface area contributed by atoms with Gasteiger partial charge in [-0.1, -0.05) is 12.1 Å². The number of carbonyl (C=O) groups is 1. The van der Waals surface area contributed by atoms with Gasteiger partial charge in [0.05, 0.1) is 23.9 Å². The van der Waals surface area contributed by atoms with Crippen molar-refractivity contribution < 1.29 is 9.53 Å². The number of morpholine rings is 1. The molecule has 1 aliphatic rings. The summed E-state index contributed by atoms with van der Waals surface area (Å²) >= 11 is 1.48. The van der Waals surface area contributed by atoms with Gasteiger partial charge in [0.25, 0.3) is 0 Å². The molecule has 138 valence electrons. The molecule has 0 saturated carbocycles. The minimum atomic E-state index is -0.264. The molecule has 1 aliphatic heterocycles. The van der Waals surface area contributed by atoms with Crippen LogP contribution in [0.1, 0.15) is 0 Å². The number of ether oxygens (including phenoxy) is 1. The predicted octanol–water partition coefficient (Wildman–Crippen LogP) is 3.69. The van der Waals surface area contributed by atoms with E-state index in [4.69, 9.17) is 4.74 Å². The summed E-state index contributed by atoms with van der Waals surface area (Å²) in [6.45, 7) is 3.11. The van der Waals surface area contributed by atoms with Crippen molar-refractivity contribution in [1.29, 1.82) is 0 Å².